The van der Waals surface area contributed by atoms with E-state index in [-0.39, 0.29) is 0 Å². The van der Waals surface area contributed by atoms with Crippen LogP contribution in [0.3, 0.4) is 0 Å². The molecular formula is C18H29NO3. The normalized spacial score (nSPS) is 16.0. The molecule has 1 unspecified atom stereocenters. The van der Waals surface area contributed by atoms with Crippen molar-refractivity contribution in [3.8, 4) is 5.75 Å². The third-order valence-corrected chi connectivity index (χ3v) is 3.72. The minimum Gasteiger partial charge on any atom is -0.465 e. The molecule has 1 aliphatic rings. The Morgan fingerprint density at radius 3 is 2.59 bits per heavy atom. The summed E-state index contributed by atoms with van der Waals surface area (Å²) >= 11 is 0. The van der Waals surface area contributed by atoms with Crippen LogP contribution in [0.1, 0.15) is 38.7 Å². The van der Waals surface area contributed by atoms with Gasteiger partial charge in [0.05, 0.1) is 6.61 Å². The highest BCUT2D eigenvalue weighted by molar-refractivity contribution is 5.27. The van der Waals surface area contributed by atoms with Gasteiger partial charge in [0.15, 0.2) is 6.29 Å². The van der Waals surface area contributed by atoms with Crippen LogP contribution in [0.25, 0.3) is 0 Å². The predicted octanol–water partition coefficient (Wildman–Crippen LogP) is 2.74. The molecule has 2 rings (SSSR count). The summed E-state index contributed by atoms with van der Waals surface area (Å²) < 4.78 is 11.1. The van der Waals surface area contributed by atoms with Crippen molar-refractivity contribution in [3.05, 3.63) is 29.8 Å². The Morgan fingerprint density at radius 1 is 1.23 bits per heavy atom. The van der Waals surface area contributed by atoms with Crippen molar-refractivity contribution in [2.24, 2.45) is 5.92 Å². The number of rotatable bonds is 11. The van der Waals surface area contributed by atoms with Crippen molar-refractivity contribution in [2.75, 3.05) is 19.8 Å². The van der Waals surface area contributed by atoms with E-state index >= 15 is 0 Å². The van der Waals surface area contributed by atoms with Crippen LogP contribution in [0.4, 0.5) is 0 Å². The summed E-state index contributed by atoms with van der Waals surface area (Å²) in [7, 11) is 0. The Labute approximate surface area is 133 Å². The molecule has 1 fully saturated rings. The molecule has 124 valence electrons. The van der Waals surface area contributed by atoms with Crippen LogP contribution in [-0.2, 0) is 11.2 Å². The molecule has 0 bridgehead atoms. The standard InChI is InChI=1S/C18H29NO3/c1-14(2)19-11-9-18(20)22-17-7-5-15(6-8-17)10-12-21-13-16-3-4-16/h5-8,14,16,18-20H,3-4,9-13H2,1-2H3. The first-order valence-corrected chi connectivity index (χ1v) is 8.38. The van der Waals surface area contributed by atoms with Crippen LogP contribution >= 0.6 is 0 Å². The van der Waals surface area contributed by atoms with E-state index in [9.17, 15) is 5.11 Å². The van der Waals surface area contributed by atoms with Gasteiger partial charge in [-0.05, 0) is 42.9 Å². The van der Waals surface area contributed by atoms with Crippen LogP contribution in [0.2, 0.25) is 0 Å². The minimum absolute atomic E-state index is 0.425. The van der Waals surface area contributed by atoms with Crippen LogP contribution in [-0.4, -0.2) is 37.2 Å². The number of aliphatic hydroxyl groups is 1. The summed E-state index contributed by atoms with van der Waals surface area (Å²) in [4.78, 5) is 0. The Hall–Kier alpha value is -1.10. The first-order valence-electron chi connectivity index (χ1n) is 8.38. The quantitative estimate of drug-likeness (QED) is 0.487. The Morgan fingerprint density at radius 2 is 1.95 bits per heavy atom. The maximum atomic E-state index is 9.83. The van der Waals surface area contributed by atoms with Gasteiger partial charge in [-0.2, -0.15) is 0 Å². The number of benzene rings is 1. The molecule has 4 nitrogen and oxygen atoms in total. The highest BCUT2D eigenvalue weighted by atomic mass is 16.6. The minimum atomic E-state index is -0.765. The summed E-state index contributed by atoms with van der Waals surface area (Å²) in [5, 5.41) is 13.1. The first-order chi connectivity index (χ1) is 10.6. The second-order valence-corrected chi connectivity index (χ2v) is 6.38. The average molecular weight is 307 g/mol. The fourth-order valence-corrected chi connectivity index (χ4v) is 2.17. The molecular weight excluding hydrogens is 278 g/mol. The maximum Gasteiger partial charge on any atom is 0.198 e. The van der Waals surface area contributed by atoms with Crippen molar-refractivity contribution >= 4 is 0 Å². The first kappa shape index (κ1) is 17.3. The van der Waals surface area contributed by atoms with Crippen LogP contribution in [0.15, 0.2) is 24.3 Å². The highest BCUT2D eigenvalue weighted by Gasteiger charge is 2.20. The number of hydrogen-bond donors (Lipinski definition) is 2. The van der Waals surface area contributed by atoms with E-state index in [4.69, 9.17) is 9.47 Å². The van der Waals surface area contributed by atoms with Gasteiger partial charge in [-0.15, -0.1) is 0 Å². The molecule has 0 heterocycles. The number of ether oxygens (including phenoxy) is 2. The van der Waals surface area contributed by atoms with E-state index in [2.05, 4.69) is 19.2 Å². The molecule has 0 amide bonds. The number of aliphatic hydroxyl groups excluding tert-OH is 1. The Bertz CT molecular complexity index is 415. The summed E-state index contributed by atoms with van der Waals surface area (Å²) in [6, 6.07) is 8.32. The third-order valence-electron chi connectivity index (χ3n) is 3.72. The fourth-order valence-electron chi connectivity index (χ4n) is 2.17. The Balaban J connectivity index is 1.62. The molecule has 0 aromatic heterocycles. The third kappa shape index (κ3) is 7.25. The fraction of sp³-hybridized carbons (Fsp3) is 0.667. The van der Waals surface area contributed by atoms with Gasteiger partial charge >= 0.3 is 0 Å². The molecule has 0 aliphatic heterocycles. The van der Waals surface area contributed by atoms with Gasteiger partial charge < -0.3 is 19.9 Å². The lowest BCUT2D eigenvalue weighted by Crippen LogP contribution is -2.28. The van der Waals surface area contributed by atoms with Gasteiger partial charge in [-0.1, -0.05) is 26.0 Å². The zero-order valence-electron chi connectivity index (χ0n) is 13.8. The molecule has 1 aromatic rings. The lowest BCUT2D eigenvalue weighted by molar-refractivity contribution is -0.0226. The van der Waals surface area contributed by atoms with Gasteiger partial charge in [-0.3, -0.25) is 0 Å². The summed E-state index contributed by atoms with van der Waals surface area (Å²) in [5.74, 6) is 1.53. The van der Waals surface area contributed by atoms with Gasteiger partial charge in [0.25, 0.3) is 0 Å². The van der Waals surface area contributed by atoms with E-state index in [0.29, 0.717) is 18.2 Å². The largest absolute Gasteiger partial charge is 0.465 e. The van der Waals surface area contributed by atoms with E-state index in [1.165, 1.54) is 18.4 Å². The van der Waals surface area contributed by atoms with Crippen molar-refractivity contribution < 1.29 is 14.6 Å². The molecule has 4 heteroatoms. The zero-order valence-corrected chi connectivity index (χ0v) is 13.8. The van der Waals surface area contributed by atoms with E-state index in [1.54, 1.807) is 0 Å². The highest BCUT2D eigenvalue weighted by Crippen LogP contribution is 2.28. The summed E-state index contributed by atoms with van der Waals surface area (Å²) in [6.07, 6.45) is 3.41. The molecule has 0 spiro atoms. The monoisotopic (exact) mass is 307 g/mol. The summed E-state index contributed by atoms with van der Waals surface area (Å²) in [5.41, 5.74) is 1.24. The van der Waals surface area contributed by atoms with Gasteiger partial charge in [0.1, 0.15) is 5.75 Å². The van der Waals surface area contributed by atoms with Crippen molar-refractivity contribution in [1.29, 1.82) is 0 Å². The average Bonchev–Trinajstić information content (AvgIpc) is 3.29. The Kier molecular flexibility index (Phi) is 7.16. The second kappa shape index (κ2) is 9.13. The van der Waals surface area contributed by atoms with E-state index in [0.717, 1.165) is 32.1 Å². The molecule has 0 radical (unpaired) electrons. The van der Waals surface area contributed by atoms with Crippen molar-refractivity contribution in [2.45, 2.75) is 51.9 Å². The van der Waals surface area contributed by atoms with Crippen LogP contribution in [0.5, 0.6) is 5.75 Å². The van der Waals surface area contributed by atoms with Gasteiger partial charge in [0.2, 0.25) is 0 Å². The molecule has 1 saturated carbocycles. The van der Waals surface area contributed by atoms with Crippen molar-refractivity contribution in [3.63, 3.8) is 0 Å². The van der Waals surface area contributed by atoms with E-state index < -0.39 is 6.29 Å². The SMILES string of the molecule is CC(C)NCCC(O)Oc1ccc(CCOCC2CC2)cc1. The smallest absolute Gasteiger partial charge is 0.198 e. The molecule has 0 saturated heterocycles. The van der Waals surface area contributed by atoms with Crippen molar-refractivity contribution in [1.82, 2.24) is 5.32 Å². The topological polar surface area (TPSA) is 50.7 Å². The number of hydrogen-bond acceptors (Lipinski definition) is 4. The van der Waals surface area contributed by atoms with E-state index in [1.807, 2.05) is 24.3 Å². The molecule has 2 N–H and O–H groups in total. The zero-order chi connectivity index (χ0) is 15.8. The van der Waals surface area contributed by atoms with Crippen LogP contribution < -0.4 is 10.1 Å². The molecule has 1 atom stereocenters. The lowest BCUT2D eigenvalue weighted by Gasteiger charge is -2.15. The van der Waals surface area contributed by atoms with Crippen LogP contribution in [0, 0.1) is 5.92 Å². The summed E-state index contributed by atoms with van der Waals surface area (Å²) in [6.45, 7) is 6.61. The second-order valence-electron chi connectivity index (χ2n) is 6.38. The van der Waals surface area contributed by atoms with Gasteiger partial charge in [0, 0.05) is 25.6 Å². The van der Waals surface area contributed by atoms with Gasteiger partial charge in [-0.25, -0.2) is 0 Å². The lowest BCUT2D eigenvalue weighted by atomic mass is 10.1. The predicted molar refractivity (Wildman–Crippen MR) is 88.1 cm³/mol. The molecule has 1 aliphatic carbocycles. The molecule has 1 aromatic carbocycles. The molecule has 22 heavy (non-hydrogen) atoms. The maximum absolute atomic E-state index is 9.83. The number of nitrogens with one attached hydrogen (secondary N) is 1.